The summed E-state index contributed by atoms with van der Waals surface area (Å²) in [5.74, 6) is 0.526. The largest absolute Gasteiger partial charge is 0.249 e. The molecule has 0 heterocycles. The standard InChI is InChI=1S/C9H18N2OS/c1-9(2,3)6-5-7-13(4,12)11-8-10/h5-7H2,1-4H3. The molecule has 4 heteroatoms. The van der Waals surface area contributed by atoms with Crippen molar-refractivity contribution in [1.82, 2.24) is 0 Å². The lowest BCUT2D eigenvalue weighted by molar-refractivity contribution is 0.374. The van der Waals surface area contributed by atoms with E-state index < -0.39 is 9.73 Å². The second-order valence-corrected chi connectivity index (χ2v) is 7.03. The maximum Gasteiger partial charge on any atom is 0.214 e. The molecule has 0 rings (SSSR count). The van der Waals surface area contributed by atoms with Gasteiger partial charge >= 0.3 is 0 Å². The summed E-state index contributed by atoms with van der Waals surface area (Å²) in [6.45, 7) is 6.43. The molecule has 0 aliphatic rings. The molecule has 0 aromatic carbocycles. The smallest absolute Gasteiger partial charge is 0.214 e. The summed E-state index contributed by atoms with van der Waals surface area (Å²) in [7, 11) is -2.24. The van der Waals surface area contributed by atoms with Crippen LogP contribution in [0.3, 0.4) is 0 Å². The van der Waals surface area contributed by atoms with Crippen LogP contribution in [0, 0.1) is 16.9 Å². The predicted molar refractivity (Wildman–Crippen MR) is 55.7 cm³/mol. The van der Waals surface area contributed by atoms with Gasteiger partial charge in [0.2, 0.25) is 6.19 Å². The molecule has 76 valence electrons. The van der Waals surface area contributed by atoms with Crippen LogP contribution in [0.4, 0.5) is 0 Å². The first kappa shape index (κ1) is 12.4. The first-order valence-corrected chi connectivity index (χ1v) is 6.44. The summed E-state index contributed by atoms with van der Waals surface area (Å²) in [5.41, 5.74) is 0.266. The second-order valence-electron chi connectivity index (χ2n) is 4.52. The molecule has 0 amide bonds. The SMILES string of the molecule is CC(C)(C)CCCS(C)(=O)=NC#N. The summed E-state index contributed by atoms with van der Waals surface area (Å²) in [4.78, 5) is 0. The Hall–Kier alpha value is -0.560. The molecule has 3 nitrogen and oxygen atoms in total. The third kappa shape index (κ3) is 7.79. The highest BCUT2D eigenvalue weighted by Gasteiger charge is 2.11. The normalized spacial score (nSPS) is 15.9. The van der Waals surface area contributed by atoms with E-state index in [4.69, 9.17) is 5.26 Å². The highest BCUT2D eigenvalue weighted by molar-refractivity contribution is 7.92. The maximum atomic E-state index is 11.5. The summed E-state index contributed by atoms with van der Waals surface area (Å²) in [6.07, 6.45) is 5.02. The number of rotatable bonds is 3. The zero-order valence-corrected chi connectivity index (χ0v) is 9.65. The van der Waals surface area contributed by atoms with Crippen LogP contribution < -0.4 is 0 Å². The van der Waals surface area contributed by atoms with Crippen LogP contribution in [0.2, 0.25) is 0 Å². The Bertz CT molecular complexity index is 301. The third-order valence-corrected chi connectivity index (χ3v) is 3.20. The van der Waals surface area contributed by atoms with E-state index in [9.17, 15) is 4.21 Å². The van der Waals surface area contributed by atoms with Crippen LogP contribution in [-0.2, 0) is 9.73 Å². The van der Waals surface area contributed by atoms with E-state index in [0.717, 1.165) is 12.8 Å². The molecule has 0 aliphatic carbocycles. The van der Waals surface area contributed by atoms with E-state index in [1.165, 1.54) is 0 Å². The second kappa shape index (κ2) is 4.61. The molecular weight excluding hydrogens is 184 g/mol. The van der Waals surface area contributed by atoms with Crippen LogP contribution in [0.5, 0.6) is 0 Å². The minimum atomic E-state index is -2.24. The first-order valence-electron chi connectivity index (χ1n) is 4.35. The highest BCUT2D eigenvalue weighted by Crippen LogP contribution is 2.20. The van der Waals surface area contributed by atoms with Gasteiger partial charge in [-0.3, -0.25) is 0 Å². The Balaban J connectivity index is 4.01. The Morgan fingerprint density at radius 2 is 2.00 bits per heavy atom. The lowest BCUT2D eigenvalue weighted by Crippen LogP contribution is -2.09. The number of nitrogens with zero attached hydrogens (tertiary/aromatic N) is 2. The van der Waals surface area contributed by atoms with Gasteiger partial charge in [-0.25, -0.2) is 4.21 Å². The molecule has 0 fully saturated rings. The van der Waals surface area contributed by atoms with Crippen LogP contribution in [0.15, 0.2) is 4.36 Å². The molecule has 13 heavy (non-hydrogen) atoms. The average Bonchev–Trinajstić information content (AvgIpc) is 1.82. The van der Waals surface area contributed by atoms with Crippen molar-refractivity contribution in [2.45, 2.75) is 33.6 Å². The molecule has 0 saturated heterocycles. The Labute approximate surface area is 81.3 Å². The molecule has 0 radical (unpaired) electrons. The van der Waals surface area contributed by atoms with Crippen molar-refractivity contribution in [1.29, 1.82) is 5.26 Å². The van der Waals surface area contributed by atoms with Gasteiger partial charge < -0.3 is 0 Å². The fourth-order valence-electron chi connectivity index (χ4n) is 1.00. The summed E-state index contributed by atoms with van der Waals surface area (Å²) < 4.78 is 14.9. The molecule has 1 unspecified atom stereocenters. The van der Waals surface area contributed by atoms with Crippen molar-refractivity contribution in [3.8, 4) is 6.19 Å². The lowest BCUT2D eigenvalue weighted by Gasteiger charge is -2.17. The van der Waals surface area contributed by atoms with Crippen LogP contribution in [-0.4, -0.2) is 16.2 Å². The van der Waals surface area contributed by atoms with Gasteiger partial charge in [-0.15, -0.1) is 4.36 Å². The van der Waals surface area contributed by atoms with Crippen molar-refractivity contribution < 1.29 is 4.21 Å². The number of nitriles is 1. The zero-order valence-electron chi connectivity index (χ0n) is 8.83. The monoisotopic (exact) mass is 202 g/mol. The topological polar surface area (TPSA) is 53.2 Å². The van der Waals surface area contributed by atoms with Gasteiger partial charge in [0.15, 0.2) is 0 Å². The molecule has 0 N–H and O–H groups in total. The van der Waals surface area contributed by atoms with Crippen LogP contribution in [0.25, 0.3) is 0 Å². The van der Waals surface area contributed by atoms with Crippen molar-refractivity contribution in [2.24, 2.45) is 9.78 Å². The third-order valence-electron chi connectivity index (χ3n) is 1.68. The van der Waals surface area contributed by atoms with E-state index in [1.807, 2.05) is 0 Å². The predicted octanol–water partition coefficient (Wildman–Crippen LogP) is 2.39. The van der Waals surface area contributed by atoms with Crippen molar-refractivity contribution >= 4 is 9.73 Å². The van der Waals surface area contributed by atoms with E-state index in [1.54, 1.807) is 12.4 Å². The lowest BCUT2D eigenvalue weighted by atomic mass is 9.91. The first-order chi connectivity index (χ1) is 5.77. The van der Waals surface area contributed by atoms with Gasteiger partial charge in [-0.2, -0.15) is 5.26 Å². The molecular formula is C9H18N2OS. The van der Waals surface area contributed by atoms with E-state index in [2.05, 4.69) is 25.1 Å². The van der Waals surface area contributed by atoms with Crippen molar-refractivity contribution in [2.75, 3.05) is 12.0 Å². The van der Waals surface area contributed by atoms with Gasteiger partial charge in [-0.05, 0) is 18.3 Å². The minimum absolute atomic E-state index is 0.266. The summed E-state index contributed by atoms with van der Waals surface area (Å²) in [5, 5.41) is 8.27. The Morgan fingerprint density at radius 3 is 2.38 bits per heavy atom. The molecule has 0 aromatic heterocycles. The van der Waals surface area contributed by atoms with Crippen molar-refractivity contribution in [3.63, 3.8) is 0 Å². The summed E-state index contributed by atoms with van der Waals surface area (Å²) >= 11 is 0. The van der Waals surface area contributed by atoms with E-state index in [0.29, 0.717) is 5.75 Å². The number of hydrogen-bond acceptors (Lipinski definition) is 3. The van der Waals surface area contributed by atoms with Gasteiger partial charge in [0.1, 0.15) is 0 Å². The number of hydrogen-bond donors (Lipinski definition) is 0. The molecule has 0 aromatic rings. The zero-order chi connectivity index (χ0) is 10.5. The van der Waals surface area contributed by atoms with Gasteiger partial charge in [0.05, 0.1) is 9.73 Å². The van der Waals surface area contributed by atoms with Crippen molar-refractivity contribution in [3.05, 3.63) is 0 Å². The average molecular weight is 202 g/mol. The molecule has 1 atom stereocenters. The van der Waals surface area contributed by atoms with Crippen LogP contribution in [0.1, 0.15) is 33.6 Å². The fourth-order valence-corrected chi connectivity index (χ4v) is 1.95. The fraction of sp³-hybridized carbons (Fsp3) is 0.889. The van der Waals surface area contributed by atoms with Gasteiger partial charge in [-0.1, -0.05) is 20.8 Å². The Kier molecular flexibility index (Phi) is 4.41. The van der Waals surface area contributed by atoms with Crippen LogP contribution >= 0.6 is 0 Å². The quantitative estimate of drug-likeness (QED) is 0.660. The summed E-state index contributed by atoms with van der Waals surface area (Å²) in [6, 6.07) is 0. The molecule has 0 aliphatic heterocycles. The van der Waals surface area contributed by atoms with Gasteiger partial charge in [0, 0.05) is 12.0 Å². The van der Waals surface area contributed by atoms with Gasteiger partial charge in [0.25, 0.3) is 0 Å². The molecule has 0 saturated carbocycles. The van der Waals surface area contributed by atoms with E-state index >= 15 is 0 Å². The van der Waals surface area contributed by atoms with E-state index in [-0.39, 0.29) is 5.41 Å². The molecule has 0 spiro atoms. The maximum absolute atomic E-state index is 11.5. The Morgan fingerprint density at radius 1 is 1.46 bits per heavy atom. The highest BCUT2D eigenvalue weighted by atomic mass is 32.2. The minimum Gasteiger partial charge on any atom is -0.249 e. The molecule has 0 bridgehead atoms.